The van der Waals surface area contributed by atoms with Gasteiger partial charge in [0.1, 0.15) is 0 Å². The molecule has 0 aliphatic carbocycles. The summed E-state index contributed by atoms with van der Waals surface area (Å²) >= 11 is 0. The third-order valence-electron chi connectivity index (χ3n) is 2.12. The number of carbonyl (C=O) groups is 2. The molecule has 0 aromatic carbocycles. The van der Waals surface area contributed by atoms with Crippen LogP contribution in [-0.2, 0) is 14.3 Å². The van der Waals surface area contributed by atoms with Gasteiger partial charge in [-0.15, -0.1) is 0 Å². The molecule has 0 heterocycles. The average Bonchev–Trinajstić information content (AvgIpc) is 2.15. The number of ether oxygens (including phenoxy) is 1. The molecule has 1 unspecified atom stereocenters. The number of rotatable bonds is 6. The van der Waals surface area contributed by atoms with E-state index in [0.717, 1.165) is 12.8 Å². The lowest BCUT2D eigenvalue weighted by Crippen LogP contribution is -2.38. The van der Waals surface area contributed by atoms with Crippen LogP contribution < -0.4 is 0 Å². The fraction of sp³-hybridized carbons (Fsp3) is 0.818. The summed E-state index contributed by atoms with van der Waals surface area (Å²) in [6.45, 7) is 5.16. The van der Waals surface area contributed by atoms with Crippen LogP contribution in [0.1, 0.15) is 52.9 Å². The molecule has 0 rings (SSSR count). The first-order chi connectivity index (χ1) is 6.94. The second-order valence-corrected chi connectivity index (χ2v) is 3.89. The lowest BCUT2D eigenvalue weighted by atomic mass is 10.00. The first-order valence-corrected chi connectivity index (χ1v) is 5.41. The Bertz CT molecular complexity index is 221. The molecule has 88 valence electrons. The van der Waals surface area contributed by atoms with Gasteiger partial charge in [0.05, 0.1) is 0 Å². The van der Waals surface area contributed by atoms with Crippen LogP contribution in [0, 0.1) is 0 Å². The van der Waals surface area contributed by atoms with Gasteiger partial charge in [-0.1, -0.05) is 26.7 Å². The Labute approximate surface area is 90.6 Å². The number of unbranched alkanes of at least 4 members (excludes halogenated alkanes) is 1. The van der Waals surface area contributed by atoms with Gasteiger partial charge in [0.25, 0.3) is 0 Å². The van der Waals surface area contributed by atoms with Crippen molar-refractivity contribution in [1.82, 2.24) is 0 Å². The fourth-order valence-corrected chi connectivity index (χ4v) is 1.09. The molecule has 0 radical (unpaired) electrons. The van der Waals surface area contributed by atoms with Gasteiger partial charge in [-0.05, 0) is 19.8 Å². The number of carbonyl (C=O) groups excluding carboxylic acids is 2. The van der Waals surface area contributed by atoms with Gasteiger partial charge in [-0.25, -0.2) is 4.79 Å². The van der Waals surface area contributed by atoms with Crippen molar-refractivity contribution < 1.29 is 19.4 Å². The highest BCUT2D eigenvalue weighted by molar-refractivity contribution is 5.89. The molecular weight excluding hydrogens is 196 g/mol. The molecule has 0 fully saturated rings. The number of hydrogen-bond acceptors (Lipinski definition) is 4. The lowest BCUT2D eigenvalue weighted by Gasteiger charge is -2.19. The van der Waals surface area contributed by atoms with Gasteiger partial charge < -0.3 is 9.84 Å². The summed E-state index contributed by atoms with van der Waals surface area (Å²) in [4.78, 5) is 22.4. The highest BCUT2D eigenvalue weighted by Crippen LogP contribution is 2.15. The average molecular weight is 216 g/mol. The van der Waals surface area contributed by atoms with Crippen LogP contribution in [-0.4, -0.2) is 22.6 Å². The van der Waals surface area contributed by atoms with Crippen LogP contribution in [0.25, 0.3) is 0 Å². The van der Waals surface area contributed by atoms with Crippen molar-refractivity contribution in [2.75, 3.05) is 0 Å². The van der Waals surface area contributed by atoms with Gasteiger partial charge in [0, 0.05) is 6.42 Å². The Morgan fingerprint density at radius 3 is 2.33 bits per heavy atom. The molecule has 0 saturated heterocycles. The van der Waals surface area contributed by atoms with E-state index < -0.39 is 17.5 Å². The van der Waals surface area contributed by atoms with E-state index >= 15 is 0 Å². The molecule has 0 aliphatic heterocycles. The zero-order chi connectivity index (χ0) is 11.9. The van der Waals surface area contributed by atoms with Crippen molar-refractivity contribution in [1.29, 1.82) is 0 Å². The normalized spacial score (nSPS) is 14.4. The topological polar surface area (TPSA) is 63.6 Å². The van der Waals surface area contributed by atoms with E-state index in [1.165, 1.54) is 6.92 Å². The minimum atomic E-state index is -1.54. The minimum absolute atomic E-state index is 0.204. The van der Waals surface area contributed by atoms with E-state index in [1.807, 2.05) is 13.8 Å². The first kappa shape index (κ1) is 14.1. The van der Waals surface area contributed by atoms with Crippen molar-refractivity contribution >= 4 is 11.9 Å². The van der Waals surface area contributed by atoms with E-state index in [2.05, 4.69) is 4.74 Å². The molecule has 1 N–H and O–H groups in total. The summed E-state index contributed by atoms with van der Waals surface area (Å²) in [5.41, 5.74) is -1.54. The largest absolute Gasteiger partial charge is 0.391 e. The third kappa shape index (κ3) is 5.52. The van der Waals surface area contributed by atoms with Crippen molar-refractivity contribution in [2.24, 2.45) is 0 Å². The quantitative estimate of drug-likeness (QED) is 0.543. The third-order valence-corrected chi connectivity index (χ3v) is 2.12. The Morgan fingerprint density at radius 1 is 1.27 bits per heavy atom. The van der Waals surface area contributed by atoms with E-state index in [4.69, 9.17) is 0 Å². The Morgan fingerprint density at radius 2 is 1.87 bits per heavy atom. The Balaban J connectivity index is 4.12. The Kier molecular flexibility index (Phi) is 6.17. The van der Waals surface area contributed by atoms with Crippen molar-refractivity contribution in [3.63, 3.8) is 0 Å². The second kappa shape index (κ2) is 6.56. The molecule has 0 spiro atoms. The first-order valence-electron chi connectivity index (χ1n) is 5.41. The summed E-state index contributed by atoms with van der Waals surface area (Å²) in [5, 5.41) is 9.70. The molecule has 0 bridgehead atoms. The van der Waals surface area contributed by atoms with Crippen molar-refractivity contribution in [3.8, 4) is 0 Å². The molecule has 4 heteroatoms. The maximum atomic E-state index is 11.4. The summed E-state index contributed by atoms with van der Waals surface area (Å²) in [6.07, 6.45) is 2.76. The number of hydrogen-bond donors (Lipinski definition) is 1. The van der Waals surface area contributed by atoms with Crippen LogP contribution in [0.3, 0.4) is 0 Å². The second-order valence-electron chi connectivity index (χ2n) is 3.89. The maximum absolute atomic E-state index is 11.4. The maximum Gasteiger partial charge on any atom is 0.345 e. The highest BCUT2D eigenvalue weighted by Gasteiger charge is 2.32. The predicted molar refractivity (Wildman–Crippen MR) is 56.2 cm³/mol. The highest BCUT2D eigenvalue weighted by atomic mass is 16.6. The molecule has 0 amide bonds. The van der Waals surface area contributed by atoms with Crippen LogP contribution in [0.2, 0.25) is 0 Å². The molecule has 0 aromatic heterocycles. The van der Waals surface area contributed by atoms with Crippen LogP contribution in [0.4, 0.5) is 0 Å². The smallest absolute Gasteiger partial charge is 0.345 e. The van der Waals surface area contributed by atoms with Crippen LogP contribution >= 0.6 is 0 Å². The molecular formula is C11H20O4. The summed E-state index contributed by atoms with van der Waals surface area (Å²) in [6, 6.07) is 0. The van der Waals surface area contributed by atoms with E-state index in [1.54, 1.807) is 0 Å². The predicted octanol–water partition coefficient (Wildman–Crippen LogP) is 1.80. The lowest BCUT2D eigenvalue weighted by molar-refractivity contribution is -0.173. The molecule has 15 heavy (non-hydrogen) atoms. The van der Waals surface area contributed by atoms with E-state index in [0.29, 0.717) is 12.8 Å². The SMILES string of the molecule is CCCCC(C)(O)C(=O)OC(=O)CCC. The van der Waals surface area contributed by atoms with E-state index in [-0.39, 0.29) is 6.42 Å². The van der Waals surface area contributed by atoms with E-state index in [9.17, 15) is 14.7 Å². The number of esters is 2. The van der Waals surface area contributed by atoms with Gasteiger partial charge in [-0.2, -0.15) is 0 Å². The zero-order valence-electron chi connectivity index (χ0n) is 9.71. The minimum Gasteiger partial charge on any atom is -0.391 e. The van der Waals surface area contributed by atoms with Gasteiger partial charge in [-0.3, -0.25) is 4.79 Å². The standard InChI is InChI=1S/C11H20O4/c1-4-6-8-11(3,14)10(13)15-9(12)7-5-2/h14H,4-8H2,1-3H3. The van der Waals surface area contributed by atoms with Crippen molar-refractivity contribution in [2.45, 2.75) is 58.5 Å². The molecule has 0 saturated carbocycles. The molecule has 4 nitrogen and oxygen atoms in total. The van der Waals surface area contributed by atoms with Gasteiger partial charge in [0.2, 0.25) is 0 Å². The number of aliphatic hydroxyl groups is 1. The fourth-order valence-electron chi connectivity index (χ4n) is 1.09. The Hall–Kier alpha value is -0.900. The van der Waals surface area contributed by atoms with Crippen LogP contribution in [0.5, 0.6) is 0 Å². The molecule has 1 atom stereocenters. The summed E-state index contributed by atoms with van der Waals surface area (Å²) < 4.78 is 4.52. The monoisotopic (exact) mass is 216 g/mol. The van der Waals surface area contributed by atoms with Gasteiger partial charge in [0.15, 0.2) is 5.60 Å². The summed E-state index contributed by atoms with van der Waals surface area (Å²) in [7, 11) is 0. The summed E-state index contributed by atoms with van der Waals surface area (Å²) in [5.74, 6) is -1.41. The molecule has 0 aliphatic rings. The zero-order valence-corrected chi connectivity index (χ0v) is 9.71. The molecule has 0 aromatic rings. The van der Waals surface area contributed by atoms with Gasteiger partial charge >= 0.3 is 11.9 Å². The van der Waals surface area contributed by atoms with Crippen LogP contribution in [0.15, 0.2) is 0 Å². The van der Waals surface area contributed by atoms with Crippen molar-refractivity contribution in [3.05, 3.63) is 0 Å².